The van der Waals surface area contributed by atoms with E-state index < -0.39 is 0 Å². The Hall–Kier alpha value is -2.57. The van der Waals surface area contributed by atoms with Crippen LogP contribution in [0.1, 0.15) is 18.4 Å². The summed E-state index contributed by atoms with van der Waals surface area (Å²) >= 11 is 3.60. The highest BCUT2D eigenvalue weighted by molar-refractivity contribution is 9.10. The van der Waals surface area contributed by atoms with Gasteiger partial charge in [-0.2, -0.15) is 0 Å². The number of hydrogen-bond acceptors (Lipinski definition) is 4. The van der Waals surface area contributed by atoms with Gasteiger partial charge in [-0.25, -0.2) is 0 Å². The number of halogens is 1. The molecule has 1 aliphatic heterocycles. The molecule has 1 fully saturated rings. The van der Waals surface area contributed by atoms with Crippen molar-refractivity contribution in [1.82, 2.24) is 10.2 Å². The molecule has 0 aromatic heterocycles. The predicted octanol–water partition coefficient (Wildman–Crippen LogP) is 4.77. The molecule has 1 aliphatic rings. The molecule has 1 saturated heterocycles. The lowest BCUT2D eigenvalue weighted by molar-refractivity contribution is -0.124. The second kappa shape index (κ2) is 10.2. The number of likely N-dealkylation sites (tertiary alicyclic amines) is 1. The van der Waals surface area contributed by atoms with E-state index in [1.165, 1.54) is 5.56 Å². The Bertz CT molecular complexity index is 1050. The lowest BCUT2D eigenvalue weighted by Crippen LogP contribution is -2.45. The topological polar surface area (TPSA) is 50.8 Å². The Morgan fingerprint density at radius 3 is 2.71 bits per heavy atom. The van der Waals surface area contributed by atoms with Crippen LogP contribution in [0.2, 0.25) is 0 Å². The minimum atomic E-state index is -0.0775. The quantitative estimate of drug-likeness (QED) is 0.526. The number of carbonyl (C=O) groups is 1. The summed E-state index contributed by atoms with van der Waals surface area (Å²) in [5.74, 6) is 1.49. The van der Waals surface area contributed by atoms with Crippen LogP contribution in [0.5, 0.6) is 11.5 Å². The van der Waals surface area contributed by atoms with Gasteiger partial charge < -0.3 is 14.8 Å². The smallest absolute Gasteiger partial charge is 0.258 e. The Morgan fingerprint density at radius 2 is 1.90 bits per heavy atom. The molecule has 1 N–H and O–H groups in total. The van der Waals surface area contributed by atoms with Crippen molar-refractivity contribution in [3.63, 3.8) is 0 Å². The van der Waals surface area contributed by atoms with Crippen LogP contribution in [-0.4, -0.2) is 43.7 Å². The monoisotopic (exact) mass is 482 g/mol. The summed E-state index contributed by atoms with van der Waals surface area (Å²) in [5.41, 5.74) is 1.25. The van der Waals surface area contributed by atoms with E-state index in [0.29, 0.717) is 5.75 Å². The van der Waals surface area contributed by atoms with Crippen LogP contribution >= 0.6 is 15.9 Å². The number of hydrogen-bond donors (Lipinski definition) is 1. The number of ether oxygens (including phenoxy) is 2. The Labute approximate surface area is 191 Å². The number of amides is 1. The average molecular weight is 483 g/mol. The summed E-state index contributed by atoms with van der Waals surface area (Å²) in [6, 6.07) is 20.4. The molecule has 0 bridgehead atoms. The van der Waals surface area contributed by atoms with E-state index in [4.69, 9.17) is 9.47 Å². The number of carbonyl (C=O) groups excluding carboxylic acids is 1. The third-order valence-electron chi connectivity index (χ3n) is 5.68. The highest BCUT2D eigenvalue weighted by Gasteiger charge is 2.21. The number of piperidine rings is 1. The molecule has 0 saturated carbocycles. The van der Waals surface area contributed by atoms with E-state index in [2.05, 4.69) is 44.3 Å². The number of benzene rings is 3. The second-order valence-corrected chi connectivity index (χ2v) is 8.65. The lowest BCUT2D eigenvalue weighted by Gasteiger charge is -2.32. The predicted molar refractivity (Wildman–Crippen MR) is 127 cm³/mol. The molecule has 1 heterocycles. The normalized spacial score (nSPS) is 15.0. The van der Waals surface area contributed by atoms with Crippen molar-refractivity contribution in [1.29, 1.82) is 0 Å². The SMILES string of the molecule is COc1cccc(CN2CCC(NC(=O)COc3ccc4ccccc4c3Br)CC2)c1. The Kier molecular flexibility index (Phi) is 7.10. The van der Waals surface area contributed by atoms with Gasteiger partial charge in [0.2, 0.25) is 0 Å². The largest absolute Gasteiger partial charge is 0.497 e. The first-order valence-electron chi connectivity index (χ1n) is 10.6. The van der Waals surface area contributed by atoms with Gasteiger partial charge in [-0.05, 0) is 63.3 Å². The zero-order valence-corrected chi connectivity index (χ0v) is 19.2. The third-order valence-corrected chi connectivity index (χ3v) is 6.50. The molecule has 0 unspecified atom stereocenters. The average Bonchev–Trinajstić information content (AvgIpc) is 2.80. The number of nitrogens with zero attached hydrogens (tertiary/aromatic N) is 1. The van der Waals surface area contributed by atoms with E-state index >= 15 is 0 Å². The molecule has 31 heavy (non-hydrogen) atoms. The lowest BCUT2D eigenvalue weighted by atomic mass is 10.0. The van der Waals surface area contributed by atoms with Crippen LogP contribution in [0.25, 0.3) is 10.8 Å². The van der Waals surface area contributed by atoms with E-state index in [9.17, 15) is 4.79 Å². The van der Waals surface area contributed by atoms with Crippen molar-refractivity contribution in [3.8, 4) is 11.5 Å². The van der Waals surface area contributed by atoms with Crippen LogP contribution in [0, 0.1) is 0 Å². The first-order chi connectivity index (χ1) is 15.1. The van der Waals surface area contributed by atoms with Gasteiger partial charge in [-0.3, -0.25) is 9.69 Å². The number of rotatable bonds is 7. The van der Waals surface area contributed by atoms with Gasteiger partial charge in [0.05, 0.1) is 11.6 Å². The highest BCUT2D eigenvalue weighted by atomic mass is 79.9. The van der Waals surface area contributed by atoms with E-state index in [1.807, 2.05) is 42.5 Å². The van der Waals surface area contributed by atoms with Crippen LogP contribution in [0.15, 0.2) is 65.1 Å². The fourth-order valence-electron chi connectivity index (χ4n) is 4.00. The van der Waals surface area contributed by atoms with Crippen LogP contribution in [0.3, 0.4) is 0 Å². The fourth-order valence-corrected chi connectivity index (χ4v) is 4.61. The zero-order valence-electron chi connectivity index (χ0n) is 17.6. The first kappa shape index (κ1) is 21.7. The zero-order chi connectivity index (χ0) is 21.6. The third kappa shape index (κ3) is 5.57. The summed E-state index contributed by atoms with van der Waals surface area (Å²) in [6.07, 6.45) is 1.88. The maximum Gasteiger partial charge on any atom is 0.258 e. The molecule has 0 radical (unpaired) electrons. The maximum absolute atomic E-state index is 12.4. The molecular formula is C25H27BrN2O3. The minimum Gasteiger partial charge on any atom is -0.497 e. The van der Waals surface area contributed by atoms with Gasteiger partial charge in [0, 0.05) is 25.7 Å². The summed E-state index contributed by atoms with van der Waals surface area (Å²) in [6.45, 7) is 2.83. The van der Waals surface area contributed by atoms with Gasteiger partial charge >= 0.3 is 0 Å². The van der Waals surface area contributed by atoms with E-state index in [-0.39, 0.29) is 18.6 Å². The Morgan fingerprint density at radius 1 is 1.10 bits per heavy atom. The van der Waals surface area contributed by atoms with Crippen molar-refractivity contribution >= 4 is 32.6 Å². The summed E-state index contributed by atoms with van der Waals surface area (Å²) in [7, 11) is 1.69. The molecule has 0 spiro atoms. The molecule has 5 nitrogen and oxygen atoms in total. The first-order valence-corrected chi connectivity index (χ1v) is 11.4. The van der Waals surface area contributed by atoms with Gasteiger partial charge in [0.25, 0.3) is 5.91 Å². The van der Waals surface area contributed by atoms with Crippen LogP contribution in [0.4, 0.5) is 0 Å². The minimum absolute atomic E-state index is 0.0148. The van der Waals surface area contributed by atoms with Crippen molar-refractivity contribution in [2.24, 2.45) is 0 Å². The molecule has 3 aromatic carbocycles. The van der Waals surface area contributed by atoms with Gasteiger partial charge in [0.1, 0.15) is 11.5 Å². The molecule has 4 rings (SSSR count). The van der Waals surface area contributed by atoms with Crippen molar-refractivity contribution < 1.29 is 14.3 Å². The van der Waals surface area contributed by atoms with E-state index in [1.54, 1.807) is 7.11 Å². The van der Waals surface area contributed by atoms with Crippen molar-refractivity contribution in [3.05, 3.63) is 70.7 Å². The molecule has 0 atom stereocenters. The van der Waals surface area contributed by atoms with Crippen LogP contribution in [-0.2, 0) is 11.3 Å². The number of methoxy groups -OCH3 is 1. The highest BCUT2D eigenvalue weighted by Crippen LogP contribution is 2.33. The number of fused-ring (bicyclic) bond motifs is 1. The van der Waals surface area contributed by atoms with Crippen LogP contribution < -0.4 is 14.8 Å². The second-order valence-electron chi connectivity index (χ2n) is 7.86. The van der Waals surface area contributed by atoms with Gasteiger partial charge in [0.15, 0.2) is 6.61 Å². The number of nitrogens with one attached hydrogen (secondary N) is 1. The van der Waals surface area contributed by atoms with Crippen molar-refractivity contribution in [2.75, 3.05) is 26.8 Å². The molecular weight excluding hydrogens is 456 g/mol. The summed E-state index contributed by atoms with van der Waals surface area (Å²) < 4.78 is 12.0. The summed E-state index contributed by atoms with van der Waals surface area (Å²) in [5, 5.41) is 5.33. The molecule has 3 aromatic rings. The summed E-state index contributed by atoms with van der Waals surface area (Å²) in [4.78, 5) is 14.8. The Balaban J connectivity index is 1.23. The molecule has 162 valence electrons. The van der Waals surface area contributed by atoms with Gasteiger partial charge in [-0.15, -0.1) is 0 Å². The fraction of sp³-hybridized carbons (Fsp3) is 0.320. The standard InChI is InChI=1S/C25H27BrN2O3/c1-30-21-7-4-5-18(15-21)16-28-13-11-20(12-14-28)27-24(29)17-31-23-10-9-19-6-2-3-8-22(19)25(23)26/h2-10,15,20H,11-14,16-17H2,1H3,(H,27,29). The maximum atomic E-state index is 12.4. The van der Waals surface area contributed by atoms with Gasteiger partial charge in [-0.1, -0.05) is 42.5 Å². The molecule has 0 aliphatic carbocycles. The molecule has 1 amide bonds. The van der Waals surface area contributed by atoms with E-state index in [0.717, 1.165) is 53.5 Å². The molecule has 6 heteroatoms. The van der Waals surface area contributed by atoms with Crippen molar-refractivity contribution in [2.45, 2.75) is 25.4 Å².